The minimum absolute atomic E-state index is 0.0581. The fraction of sp³-hybridized carbons (Fsp3) is 0.235. The molecule has 2 aromatic rings. The van der Waals surface area contributed by atoms with Gasteiger partial charge in [0.25, 0.3) is 5.69 Å². The van der Waals surface area contributed by atoms with Crippen LogP contribution in [0.15, 0.2) is 52.7 Å². The summed E-state index contributed by atoms with van der Waals surface area (Å²) in [5.41, 5.74) is 0.485. The molecule has 0 aliphatic heterocycles. The molecule has 0 aliphatic carbocycles. The molecule has 0 heterocycles. The molecule has 0 atom stereocenters. The van der Waals surface area contributed by atoms with E-state index in [1.807, 2.05) is 0 Å². The summed E-state index contributed by atoms with van der Waals surface area (Å²) < 4.78 is 0. The highest BCUT2D eigenvalue weighted by molar-refractivity contribution is 5.89. The molecule has 0 aliphatic rings. The lowest BCUT2D eigenvalue weighted by Gasteiger charge is -2.22. The van der Waals surface area contributed by atoms with Crippen molar-refractivity contribution in [3.8, 4) is 0 Å². The molecule has 0 radical (unpaired) electrons. The minimum atomic E-state index is -1.27. The fourth-order valence-electron chi connectivity index (χ4n) is 2.34. The SMILES string of the molecule is O=C(O)c1ccc(N=Nc2ccc(N(CCO)CCO)cc2)c([N+](=O)[O-])c1. The van der Waals surface area contributed by atoms with E-state index in [4.69, 9.17) is 15.3 Å². The molecule has 2 rings (SSSR count). The van der Waals surface area contributed by atoms with Crippen LogP contribution < -0.4 is 4.90 Å². The number of nitrogens with zero attached hydrogens (tertiary/aromatic N) is 4. The topological polar surface area (TPSA) is 149 Å². The smallest absolute Gasteiger partial charge is 0.335 e. The second-order valence-electron chi connectivity index (χ2n) is 5.42. The second kappa shape index (κ2) is 9.36. The van der Waals surface area contributed by atoms with Gasteiger partial charge in [0.2, 0.25) is 0 Å². The van der Waals surface area contributed by atoms with E-state index >= 15 is 0 Å². The molecule has 0 spiro atoms. The van der Waals surface area contributed by atoms with Crippen LogP contribution in [0.1, 0.15) is 10.4 Å². The highest BCUT2D eigenvalue weighted by Gasteiger charge is 2.17. The van der Waals surface area contributed by atoms with Crippen LogP contribution in [0.5, 0.6) is 0 Å². The number of azo groups is 1. The summed E-state index contributed by atoms with van der Waals surface area (Å²) in [5.74, 6) is -1.27. The van der Waals surface area contributed by atoms with Gasteiger partial charge < -0.3 is 20.2 Å². The minimum Gasteiger partial charge on any atom is -0.478 e. The fourth-order valence-corrected chi connectivity index (χ4v) is 2.34. The van der Waals surface area contributed by atoms with Gasteiger partial charge >= 0.3 is 5.97 Å². The van der Waals surface area contributed by atoms with E-state index < -0.39 is 16.6 Å². The van der Waals surface area contributed by atoms with Crippen molar-refractivity contribution in [2.24, 2.45) is 10.2 Å². The van der Waals surface area contributed by atoms with Gasteiger partial charge in [-0.3, -0.25) is 10.1 Å². The normalized spacial score (nSPS) is 10.9. The lowest BCUT2D eigenvalue weighted by molar-refractivity contribution is -0.384. The Hall–Kier alpha value is -3.37. The first-order valence-electron chi connectivity index (χ1n) is 7.96. The van der Waals surface area contributed by atoms with Crippen LogP contribution in [0.3, 0.4) is 0 Å². The zero-order valence-corrected chi connectivity index (χ0v) is 14.2. The Bertz CT molecular complexity index is 832. The molecule has 0 amide bonds. The van der Waals surface area contributed by atoms with Crippen molar-refractivity contribution in [3.05, 3.63) is 58.1 Å². The number of aromatic carboxylic acids is 1. The first kappa shape index (κ1) is 19.9. The average Bonchev–Trinajstić information content (AvgIpc) is 2.66. The van der Waals surface area contributed by atoms with Gasteiger partial charge in [-0.05, 0) is 36.4 Å². The molecule has 0 aromatic heterocycles. The number of carboxylic acids is 1. The molecule has 27 heavy (non-hydrogen) atoms. The van der Waals surface area contributed by atoms with Crippen molar-refractivity contribution in [2.75, 3.05) is 31.2 Å². The number of carbonyl (C=O) groups is 1. The van der Waals surface area contributed by atoms with Gasteiger partial charge in [0.05, 0.1) is 29.4 Å². The van der Waals surface area contributed by atoms with Crippen molar-refractivity contribution in [2.45, 2.75) is 0 Å². The van der Waals surface area contributed by atoms with Crippen LogP contribution in [0.25, 0.3) is 0 Å². The van der Waals surface area contributed by atoms with E-state index in [1.165, 1.54) is 12.1 Å². The number of nitro benzene ring substituents is 1. The van der Waals surface area contributed by atoms with Gasteiger partial charge in [0.1, 0.15) is 0 Å². The summed E-state index contributed by atoms with van der Waals surface area (Å²) in [6.07, 6.45) is 0. The Labute approximate surface area is 154 Å². The number of rotatable bonds is 9. The number of nitro groups is 1. The summed E-state index contributed by atoms with van der Waals surface area (Å²) in [7, 11) is 0. The summed E-state index contributed by atoms with van der Waals surface area (Å²) in [6.45, 7) is 0.613. The van der Waals surface area contributed by atoms with Crippen LogP contribution in [0.4, 0.5) is 22.7 Å². The maximum Gasteiger partial charge on any atom is 0.335 e. The average molecular weight is 374 g/mol. The molecule has 0 bridgehead atoms. The number of benzene rings is 2. The molecule has 2 aromatic carbocycles. The Morgan fingerprint density at radius 2 is 1.67 bits per heavy atom. The summed E-state index contributed by atoms with van der Waals surface area (Å²) in [5, 5.41) is 46.0. The van der Waals surface area contributed by atoms with Crippen LogP contribution in [-0.2, 0) is 0 Å². The summed E-state index contributed by atoms with van der Waals surface area (Å²) in [4.78, 5) is 23.1. The standard InChI is InChI=1S/C17H18N4O6/c22-9-7-20(8-10-23)14-4-2-13(3-5-14)18-19-15-6-1-12(17(24)25)11-16(15)21(26)27/h1-6,11,22-23H,7-10H2,(H,24,25). The maximum atomic E-state index is 11.1. The molecule has 142 valence electrons. The predicted octanol–water partition coefficient (Wildman–Crippen LogP) is 2.50. The van der Waals surface area contributed by atoms with E-state index in [-0.39, 0.29) is 24.5 Å². The van der Waals surface area contributed by atoms with Crippen molar-refractivity contribution in [1.29, 1.82) is 0 Å². The highest BCUT2D eigenvalue weighted by Crippen LogP contribution is 2.30. The molecular formula is C17H18N4O6. The van der Waals surface area contributed by atoms with Gasteiger partial charge in [-0.2, -0.15) is 5.11 Å². The van der Waals surface area contributed by atoms with Crippen LogP contribution in [-0.4, -0.2) is 52.5 Å². The Morgan fingerprint density at radius 1 is 1.04 bits per heavy atom. The summed E-state index contributed by atoms with van der Waals surface area (Å²) in [6, 6.07) is 10.1. The molecule has 10 heteroatoms. The van der Waals surface area contributed by atoms with Gasteiger partial charge in [-0.15, -0.1) is 5.11 Å². The number of hydrogen-bond donors (Lipinski definition) is 3. The Balaban J connectivity index is 2.23. The molecular weight excluding hydrogens is 356 g/mol. The first-order valence-corrected chi connectivity index (χ1v) is 7.96. The van der Waals surface area contributed by atoms with Crippen molar-refractivity contribution < 1.29 is 25.0 Å². The van der Waals surface area contributed by atoms with E-state index in [0.717, 1.165) is 11.8 Å². The first-order chi connectivity index (χ1) is 13.0. The molecule has 3 N–H and O–H groups in total. The third-order valence-corrected chi connectivity index (χ3v) is 3.65. The Kier molecular flexibility index (Phi) is 6.92. The molecule has 0 fully saturated rings. The third-order valence-electron chi connectivity index (χ3n) is 3.65. The van der Waals surface area contributed by atoms with Crippen molar-refractivity contribution in [1.82, 2.24) is 0 Å². The number of hydrogen-bond acceptors (Lipinski definition) is 8. The van der Waals surface area contributed by atoms with E-state index in [0.29, 0.717) is 18.8 Å². The summed E-state index contributed by atoms with van der Waals surface area (Å²) >= 11 is 0. The lowest BCUT2D eigenvalue weighted by Crippen LogP contribution is -2.29. The predicted molar refractivity (Wildman–Crippen MR) is 97.1 cm³/mol. The number of aliphatic hydroxyl groups is 2. The van der Waals surface area contributed by atoms with Crippen molar-refractivity contribution >= 4 is 28.7 Å². The van der Waals surface area contributed by atoms with Crippen LogP contribution in [0.2, 0.25) is 0 Å². The van der Waals surface area contributed by atoms with Gasteiger partial charge in [0, 0.05) is 24.8 Å². The van der Waals surface area contributed by atoms with Gasteiger partial charge in [-0.1, -0.05) is 0 Å². The van der Waals surface area contributed by atoms with Crippen LogP contribution >= 0.6 is 0 Å². The largest absolute Gasteiger partial charge is 0.478 e. The monoisotopic (exact) mass is 374 g/mol. The van der Waals surface area contributed by atoms with Gasteiger partial charge in [0.15, 0.2) is 5.69 Å². The van der Waals surface area contributed by atoms with E-state index in [2.05, 4.69) is 10.2 Å². The third kappa shape index (κ3) is 5.30. The lowest BCUT2D eigenvalue weighted by atomic mass is 10.2. The number of carboxylic acid groups (broad SMARTS) is 1. The molecule has 0 unspecified atom stereocenters. The highest BCUT2D eigenvalue weighted by atomic mass is 16.6. The maximum absolute atomic E-state index is 11.1. The van der Waals surface area contributed by atoms with Crippen molar-refractivity contribution in [3.63, 3.8) is 0 Å². The molecule has 0 saturated heterocycles. The van der Waals surface area contributed by atoms with Crippen LogP contribution in [0, 0.1) is 10.1 Å². The van der Waals surface area contributed by atoms with Gasteiger partial charge in [-0.25, -0.2) is 4.79 Å². The zero-order valence-electron chi connectivity index (χ0n) is 14.2. The number of aliphatic hydroxyl groups excluding tert-OH is 2. The van der Waals surface area contributed by atoms with E-state index in [9.17, 15) is 14.9 Å². The Morgan fingerprint density at radius 3 is 2.19 bits per heavy atom. The zero-order chi connectivity index (χ0) is 19.8. The molecule has 10 nitrogen and oxygen atoms in total. The second-order valence-corrected chi connectivity index (χ2v) is 5.42. The number of anilines is 1. The quantitative estimate of drug-likeness (QED) is 0.347. The van der Waals surface area contributed by atoms with E-state index in [1.54, 1.807) is 29.2 Å². The molecule has 0 saturated carbocycles.